The minimum atomic E-state index is -0.680. The number of imidazole rings is 4. The van der Waals surface area contributed by atoms with Crippen molar-refractivity contribution in [2.45, 2.75) is 212 Å². The van der Waals surface area contributed by atoms with Gasteiger partial charge >= 0.3 is 12.2 Å². The van der Waals surface area contributed by atoms with Crippen molar-refractivity contribution < 1.29 is 76.4 Å². The number of likely N-dealkylation sites (tertiary alicyclic amines) is 3. The molecule has 8 aromatic heterocycles. The van der Waals surface area contributed by atoms with E-state index in [9.17, 15) is 47.9 Å². The van der Waals surface area contributed by atoms with Gasteiger partial charge in [0.05, 0.1) is 65.7 Å². The van der Waals surface area contributed by atoms with E-state index in [1.165, 1.54) is 51.3 Å². The molecule has 4 fully saturated rings. The second-order valence-corrected chi connectivity index (χ2v) is 38.8. The lowest BCUT2D eigenvalue weighted by atomic mass is 9.79. The molecule has 0 radical (unpaired) electrons. The van der Waals surface area contributed by atoms with Crippen LogP contribution in [-0.2, 0) is 61.8 Å². The van der Waals surface area contributed by atoms with Crippen LogP contribution in [0.4, 0.5) is 33.4 Å². The van der Waals surface area contributed by atoms with Crippen LogP contribution >= 0.6 is 0 Å². The number of aromatic nitrogens is 16. The lowest BCUT2D eigenvalue weighted by molar-refractivity contribution is 0.0230. The van der Waals surface area contributed by atoms with Crippen LogP contribution in [0.3, 0.4) is 0 Å². The Bertz CT molecular complexity index is 6970. The Hall–Kier alpha value is -15.5. The average molecular weight is 1990 g/mol. The third kappa shape index (κ3) is 24.4. The number of carbonyl (C=O) groups is 10. The number of piperidine rings is 2. The first kappa shape index (κ1) is 105. The summed E-state index contributed by atoms with van der Waals surface area (Å²) in [5.74, 6) is -2.34. The molecule has 12 heterocycles. The summed E-state index contributed by atoms with van der Waals surface area (Å²) in [6, 6.07) is 19.1. The number of nitrogens with two attached hydrogens (primary N) is 4. The fourth-order valence-electron chi connectivity index (χ4n) is 18.9. The molecule has 4 aliphatic heterocycles. The molecule has 4 aliphatic rings. The highest BCUT2D eigenvalue weighted by atomic mass is 16.6. The van der Waals surface area contributed by atoms with Crippen molar-refractivity contribution in [3.63, 3.8) is 0 Å². The van der Waals surface area contributed by atoms with E-state index in [0.29, 0.717) is 177 Å². The topological polar surface area (TPSA) is 543 Å². The molecule has 0 aliphatic carbocycles. The molecule has 16 rings (SSSR count). The molecule has 10 amide bonds. The van der Waals surface area contributed by atoms with Crippen LogP contribution in [0.1, 0.15) is 227 Å². The molecule has 2 spiro atoms. The minimum absolute atomic E-state index is 0.0527. The molecule has 44 heteroatoms. The Kier molecular flexibility index (Phi) is 32.4. The minimum Gasteiger partial charge on any atom is -0.494 e. The number of carbonyl (C=O) groups excluding carboxylic acids is 10. The van der Waals surface area contributed by atoms with Crippen LogP contribution in [0, 0.1) is 38.5 Å². The van der Waals surface area contributed by atoms with E-state index in [1.807, 2.05) is 117 Å². The van der Waals surface area contributed by atoms with E-state index >= 15 is 0 Å². The highest BCUT2D eigenvalue weighted by Gasteiger charge is 2.45. The van der Waals surface area contributed by atoms with Gasteiger partial charge in [0.15, 0.2) is 0 Å². The molecule has 2 atom stereocenters. The standard InChI is InChI=1S/C50H64N14O8.C38H44N12O6.C13H24N2O2/c1-9-63-36(22-30(3)57-63)44(67)55-46-53-34-24-32(42(51)65)26-38(70-8)40(34)61(46)17-11-12-18-62-41-35(54-47(62)56-45(68)37-23-31(4)58-64(37)10-2)25-33(43(52)66)27-39(41)71-21-20-59-16-13-14-50(28-59)15-19-60(29-50)48(69)72-49(5,6)7;1-7-14-56-30-20-24(34(40)52)18-26-32(30)48(38(42-26)44-36(54)28-16-22(5)46-50(28)9-3)13-11-10-12-47-31-25(17-23(33(39)51)19-29(31)55-6)41-37(47)43-35(53)27-15-21(4)45-49(27)8-2;1-12(2,3)17-11(16)15-8-6-13(10-15)5-4-7-14-9-13/h11-12,22-27H,9-10,13-21,28-29H2,1-8H3,(H2,51,65)(H2,52,66)(H,53,55,67)(H,54,56,68);10-11,15-20H,7-9,12-14H2,1-6H3,(H2,39,51)(H2,40,52)(H,41,43,53)(H,42,44,54);14H,4-10H2,1-3H3/b12-11+;11-10+;. The number of methoxy groups -OCH3 is 2. The van der Waals surface area contributed by atoms with E-state index in [2.05, 4.69) is 56.9 Å². The number of ether oxygens (including phenoxy) is 6. The van der Waals surface area contributed by atoms with Gasteiger partial charge in [-0.3, -0.25) is 83.3 Å². The molecule has 4 saturated heterocycles. The molecule has 13 N–H and O–H groups in total. The summed E-state index contributed by atoms with van der Waals surface area (Å²) in [6.45, 7) is 38.6. The second-order valence-electron chi connectivity index (χ2n) is 38.8. The van der Waals surface area contributed by atoms with Crippen LogP contribution < -0.4 is 68.5 Å². The number of hydrogen-bond acceptors (Lipinski definition) is 26. The Labute approximate surface area is 838 Å². The molecular weight excluding hydrogens is 1860 g/mol. The molecule has 2 unspecified atom stereocenters. The van der Waals surface area contributed by atoms with E-state index < -0.39 is 58.5 Å². The van der Waals surface area contributed by atoms with Crippen molar-refractivity contribution in [1.29, 1.82) is 0 Å². The van der Waals surface area contributed by atoms with E-state index in [1.54, 1.807) is 106 Å². The zero-order chi connectivity index (χ0) is 104. The fraction of sp³-hybridized carbons (Fsp3) is 0.465. The number of rotatable bonds is 33. The SMILES string of the molecule is CC(C)(C)OC(=O)N1CCC2(CCCNC2)C1.CCCOc1cc(C(N)=O)cc2nc(NC(=O)c3cc(C)nn3CC)n(C/C=C/Cn3c(NC(=O)c4cc(C)nn4CC)nc4cc(C(N)=O)cc(OC)c43)c12.CCn1nc(C)cc1C(=O)Nc1nc2cc(C(N)=O)cc(OC)c2n1C/C=C/Cn1c(NC(=O)c2cc(C)nn2CC)nc2cc(C(N)=O)cc(OCCN3CCCC4(CCN(C(=O)OC(C)(C)C)C4)C3)c21. The normalized spacial score (nSPS) is 16.0. The number of amides is 10. The Balaban J connectivity index is 0.000000201. The van der Waals surface area contributed by atoms with Gasteiger partial charge in [-0.15, -0.1) is 0 Å². The van der Waals surface area contributed by atoms with Gasteiger partial charge in [-0.25, -0.2) is 29.5 Å². The number of fused-ring (bicyclic) bond motifs is 4. The number of anilines is 4. The van der Waals surface area contributed by atoms with Crippen LogP contribution in [0.15, 0.2) is 97.1 Å². The molecule has 12 aromatic rings. The molecule has 44 nitrogen and oxygen atoms in total. The van der Waals surface area contributed by atoms with E-state index in [0.717, 1.165) is 65.0 Å². The first-order valence-electron chi connectivity index (χ1n) is 48.9. The lowest BCUT2D eigenvalue weighted by Gasteiger charge is -2.40. The fourth-order valence-corrected chi connectivity index (χ4v) is 18.9. The molecular formula is C101H132N28O16. The number of nitrogens with one attached hydrogen (secondary N) is 5. The predicted molar refractivity (Wildman–Crippen MR) is 546 cm³/mol. The van der Waals surface area contributed by atoms with Gasteiger partial charge in [-0.1, -0.05) is 31.2 Å². The van der Waals surface area contributed by atoms with Crippen molar-refractivity contribution in [3.05, 3.63) is 165 Å². The van der Waals surface area contributed by atoms with Crippen LogP contribution in [0.25, 0.3) is 44.1 Å². The maximum Gasteiger partial charge on any atom is 0.410 e. The Morgan fingerprint density at radius 1 is 0.400 bits per heavy atom. The molecule has 145 heavy (non-hydrogen) atoms. The largest absolute Gasteiger partial charge is 0.494 e. The van der Waals surface area contributed by atoms with E-state index in [4.69, 9.17) is 66.3 Å². The van der Waals surface area contributed by atoms with Crippen molar-refractivity contribution in [2.75, 3.05) is 108 Å². The third-order valence-electron chi connectivity index (χ3n) is 25.5. The number of primary amides is 4. The first-order chi connectivity index (χ1) is 69.0. The number of nitrogens with zero attached hydrogens (tertiary/aromatic N) is 19. The van der Waals surface area contributed by atoms with Crippen molar-refractivity contribution >= 4 is 127 Å². The summed E-state index contributed by atoms with van der Waals surface area (Å²) >= 11 is 0. The highest BCUT2D eigenvalue weighted by Crippen LogP contribution is 2.43. The summed E-state index contributed by atoms with van der Waals surface area (Å²) in [6.07, 6.45) is 14.1. The van der Waals surface area contributed by atoms with Gasteiger partial charge < -0.3 is 84.7 Å². The quantitative estimate of drug-likeness (QED) is 0.0173. The lowest BCUT2D eigenvalue weighted by Crippen LogP contribution is -2.46. The molecule has 0 saturated carbocycles. The summed E-state index contributed by atoms with van der Waals surface area (Å²) in [5, 5.41) is 32.8. The van der Waals surface area contributed by atoms with Gasteiger partial charge in [-0.2, -0.15) is 20.4 Å². The van der Waals surface area contributed by atoms with Crippen LogP contribution in [0.2, 0.25) is 0 Å². The van der Waals surface area contributed by atoms with Crippen molar-refractivity contribution in [3.8, 4) is 23.0 Å². The molecule has 4 aromatic carbocycles. The zero-order valence-electron chi connectivity index (χ0n) is 85.5. The predicted octanol–water partition coefficient (Wildman–Crippen LogP) is 11.7. The zero-order valence-corrected chi connectivity index (χ0v) is 85.5. The molecule has 0 bridgehead atoms. The third-order valence-corrected chi connectivity index (χ3v) is 25.5. The summed E-state index contributed by atoms with van der Waals surface area (Å²) in [7, 11) is 2.93. The Morgan fingerprint density at radius 3 is 1.01 bits per heavy atom. The monoisotopic (exact) mass is 1990 g/mol. The number of hydrogen-bond donors (Lipinski definition) is 9. The maximum absolute atomic E-state index is 14.0. The maximum atomic E-state index is 14.0. The van der Waals surface area contributed by atoms with Gasteiger partial charge in [0, 0.05) is 131 Å². The van der Waals surface area contributed by atoms with Gasteiger partial charge in [0.25, 0.3) is 23.6 Å². The number of benzene rings is 4. The van der Waals surface area contributed by atoms with Crippen LogP contribution in [0.5, 0.6) is 23.0 Å². The van der Waals surface area contributed by atoms with Crippen molar-refractivity contribution in [2.24, 2.45) is 33.8 Å². The summed E-state index contributed by atoms with van der Waals surface area (Å²) in [4.78, 5) is 155. The first-order valence-corrected chi connectivity index (χ1v) is 48.9. The second kappa shape index (κ2) is 44.6. The smallest absolute Gasteiger partial charge is 0.410 e. The molecule has 772 valence electrons. The summed E-state index contributed by atoms with van der Waals surface area (Å²) in [5.41, 5.74) is 30.5. The summed E-state index contributed by atoms with van der Waals surface area (Å²) < 4.78 is 48.6. The average Bonchev–Trinajstić information content (AvgIpc) is 1.65. The Morgan fingerprint density at radius 2 is 0.710 bits per heavy atom. The number of allylic oxidation sites excluding steroid dienone is 4. The van der Waals surface area contributed by atoms with E-state index in [-0.39, 0.29) is 96.4 Å². The van der Waals surface area contributed by atoms with Gasteiger partial charge in [0.1, 0.15) is 85.6 Å². The van der Waals surface area contributed by atoms with Gasteiger partial charge in [0.2, 0.25) is 47.4 Å². The van der Waals surface area contributed by atoms with Crippen LogP contribution in [-0.4, -0.2) is 249 Å². The highest BCUT2D eigenvalue weighted by molar-refractivity contribution is 6.08. The van der Waals surface area contributed by atoms with Gasteiger partial charge in [-0.05, 0) is 228 Å². The van der Waals surface area contributed by atoms with Crippen molar-refractivity contribution in [1.82, 2.24) is 97.3 Å². The number of aryl methyl sites for hydroxylation is 8.